The summed E-state index contributed by atoms with van der Waals surface area (Å²) in [5.74, 6) is 0. The Kier molecular flexibility index (Phi) is 10.4. The first-order valence-corrected chi connectivity index (χ1v) is 25.3. The summed E-state index contributed by atoms with van der Waals surface area (Å²) < 4.78 is 1.37. The number of fused-ring (bicyclic) bond motifs is 4. The first-order valence-electron chi connectivity index (χ1n) is 24.4. The van der Waals surface area contributed by atoms with Crippen LogP contribution in [0.15, 0.2) is 96.4 Å². The summed E-state index contributed by atoms with van der Waals surface area (Å²) in [6, 6.07) is 36.7. The Bertz CT molecular complexity index is 2700. The SMILES string of the molecule is Cc1cc(N(c2ccc3c(c2)C(C)(C)CCC3(C)C)c2ccc3c(c2)C(C)(C)CCC3(C)C)cc(N(c2ccc(C(C)(C)C)cc2)c2csc3cc4c(cc23)C(C)(C)CCC4(C)C)c1. The second-order valence-electron chi connectivity index (χ2n) is 25.3. The van der Waals surface area contributed by atoms with E-state index in [1.807, 2.05) is 11.3 Å². The van der Waals surface area contributed by atoms with Gasteiger partial charge in [-0.05, 0) is 195 Å². The fourth-order valence-corrected chi connectivity index (χ4v) is 12.6. The molecule has 0 spiro atoms. The third-order valence-electron chi connectivity index (χ3n) is 16.5. The zero-order valence-electron chi connectivity index (χ0n) is 42.3. The van der Waals surface area contributed by atoms with Gasteiger partial charge in [-0.1, -0.05) is 128 Å². The Morgan fingerprint density at radius 1 is 0.406 bits per heavy atom. The van der Waals surface area contributed by atoms with Gasteiger partial charge in [0.1, 0.15) is 0 Å². The van der Waals surface area contributed by atoms with Crippen molar-refractivity contribution in [2.45, 2.75) is 187 Å². The number of benzene rings is 5. The van der Waals surface area contributed by atoms with Gasteiger partial charge in [0.05, 0.1) is 5.69 Å². The van der Waals surface area contributed by atoms with Crippen LogP contribution in [0.1, 0.15) is 187 Å². The van der Waals surface area contributed by atoms with E-state index in [0.717, 1.165) is 0 Å². The van der Waals surface area contributed by atoms with Crippen LogP contribution in [-0.4, -0.2) is 0 Å². The van der Waals surface area contributed by atoms with Crippen molar-refractivity contribution >= 4 is 55.5 Å². The minimum absolute atomic E-state index is 0.0597. The summed E-state index contributed by atoms with van der Waals surface area (Å²) in [5.41, 5.74) is 19.6. The Morgan fingerprint density at radius 2 is 0.797 bits per heavy atom. The van der Waals surface area contributed by atoms with Gasteiger partial charge in [0.25, 0.3) is 0 Å². The minimum Gasteiger partial charge on any atom is -0.310 e. The number of hydrogen-bond acceptors (Lipinski definition) is 3. The van der Waals surface area contributed by atoms with Crippen molar-refractivity contribution < 1.29 is 0 Å². The van der Waals surface area contributed by atoms with Crippen molar-refractivity contribution in [3.8, 4) is 0 Å². The zero-order valence-corrected chi connectivity index (χ0v) is 43.1. The van der Waals surface area contributed by atoms with E-state index in [0.29, 0.717) is 0 Å². The van der Waals surface area contributed by atoms with E-state index in [-0.39, 0.29) is 37.9 Å². The van der Waals surface area contributed by atoms with Gasteiger partial charge in [-0.2, -0.15) is 0 Å². The molecule has 0 N–H and O–H groups in total. The molecular formula is C61H76N2S. The van der Waals surface area contributed by atoms with E-state index in [1.165, 1.54) is 127 Å². The quantitative estimate of drug-likeness (QED) is 0.165. The topological polar surface area (TPSA) is 6.48 Å². The molecule has 64 heavy (non-hydrogen) atoms. The molecule has 0 unspecified atom stereocenters. The molecular weight excluding hydrogens is 793 g/mol. The van der Waals surface area contributed by atoms with Gasteiger partial charge < -0.3 is 9.80 Å². The summed E-state index contributed by atoms with van der Waals surface area (Å²) in [6.07, 6.45) is 7.18. The zero-order chi connectivity index (χ0) is 46.2. The molecule has 9 rings (SSSR count). The molecule has 336 valence electrons. The fourth-order valence-electron chi connectivity index (χ4n) is 11.7. The molecule has 3 aliphatic rings. The van der Waals surface area contributed by atoms with Crippen LogP contribution >= 0.6 is 11.3 Å². The number of nitrogens with zero attached hydrogens (tertiary/aromatic N) is 2. The summed E-state index contributed by atoms with van der Waals surface area (Å²) >= 11 is 1.89. The standard InChI is InChI=1S/C61H76N2S/c1-39-31-44(62(42-21-23-47-49(34-42)58(9,10)27-25-56(47,5)6)43-22-24-48-50(35-43)59(11,12)28-26-57(48,7)8)33-45(32-39)63(41-19-17-40(18-20-41)55(2,3)4)53-38-64-54-37-52-51(36-46(53)54)60(13,14)29-30-61(52,15)16/h17-24,31-38H,25-30H2,1-16H3. The van der Waals surface area contributed by atoms with E-state index in [2.05, 4.69) is 217 Å². The molecule has 0 amide bonds. The number of hydrogen-bond donors (Lipinski definition) is 0. The van der Waals surface area contributed by atoms with Crippen molar-refractivity contribution in [2.75, 3.05) is 9.80 Å². The third kappa shape index (κ3) is 7.64. The van der Waals surface area contributed by atoms with Gasteiger partial charge in [-0.25, -0.2) is 0 Å². The second-order valence-corrected chi connectivity index (χ2v) is 26.2. The molecule has 1 aromatic heterocycles. The first-order chi connectivity index (χ1) is 29.7. The van der Waals surface area contributed by atoms with Crippen LogP contribution in [0.25, 0.3) is 10.1 Å². The van der Waals surface area contributed by atoms with E-state index >= 15 is 0 Å². The van der Waals surface area contributed by atoms with Gasteiger partial charge in [-0.15, -0.1) is 11.3 Å². The highest BCUT2D eigenvalue weighted by atomic mass is 32.1. The summed E-state index contributed by atoms with van der Waals surface area (Å²) in [7, 11) is 0. The smallest absolute Gasteiger partial charge is 0.0647 e. The predicted octanol–water partition coefficient (Wildman–Crippen LogP) is 18.5. The summed E-state index contributed by atoms with van der Waals surface area (Å²) in [6.45, 7) is 38.6. The average molecular weight is 869 g/mol. The molecule has 0 radical (unpaired) electrons. The Balaban J connectivity index is 1.29. The Hall–Kier alpha value is -4.34. The molecule has 0 saturated heterocycles. The molecule has 0 atom stereocenters. The van der Waals surface area contributed by atoms with E-state index in [9.17, 15) is 0 Å². The van der Waals surface area contributed by atoms with Gasteiger partial charge in [0.2, 0.25) is 0 Å². The molecule has 0 fully saturated rings. The minimum atomic E-state index is 0.0597. The normalized spacial score (nSPS) is 19.9. The Labute approximate surface area is 391 Å². The predicted molar refractivity (Wildman–Crippen MR) is 280 cm³/mol. The fraction of sp³-hybridized carbons (Fsp3) is 0.475. The van der Waals surface area contributed by atoms with Crippen LogP contribution in [-0.2, 0) is 37.9 Å². The maximum absolute atomic E-state index is 2.58. The lowest BCUT2D eigenvalue weighted by Crippen LogP contribution is -2.34. The second kappa shape index (κ2) is 14.8. The van der Waals surface area contributed by atoms with Crippen molar-refractivity contribution in [3.63, 3.8) is 0 Å². The molecule has 0 saturated carbocycles. The van der Waals surface area contributed by atoms with Crippen LogP contribution in [0, 0.1) is 6.92 Å². The highest BCUT2D eigenvalue weighted by Crippen LogP contribution is 2.54. The first kappa shape index (κ1) is 44.8. The number of anilines is 6. The maximum atomic E-state index is 2.58. The molecule has 1 heterocycles. The molecule has 5 aromatic carbocycles. The van der Waals surface area contributed by atoms with E-state index in [1.54, 1.807) is 0 Å². The number of aryl methyl sites for hydroxylation is 1. The molecule has 2 nitrogen and oxygen atoms in total. The number of rotatable bonds is 6. The van der Waals surface area contributed by atoms with Crippen molar-refractivity contribution in [2.24, 2.45) is 0 Å². The molecule has 6 aromatic rings. The average Bonchev–Trinajstić information content (AvgIpc) is 3.62. The lowest BCUT2D eigenvalue weighted by atomic mass is 9.63. The van der Waals surface area contributed by atoms with E-state index < -0.39 is 0 Å². The third-order valence-corrected chi connectivity index (χ3v) is 17.4. The number of thiophene rings is 1. The van der Waals surface area contributed by atoms with Crippen LogP contribution in [0.3, 0.4) is 0 Å². The van der Waals surface area contributed by atoms with Crippen LogP contribution in [0.5, 0.6) is 0 Å². The molecule has 0 aliphatic heterocycles. The highest BCUT2D eigenvalue weighted by molar-refractivity contribution is 7.17. The van der Waals surface area contributed by atoms with E-state index in [4.69, 9.17) is 0 Å². The lowest BCUT2D eigenvalue weighted by Gasteiger charge is -2.43. The van der Waals surface area contributed by atoms with Crippen LogP contribution < -0.4 is 9.80 Å². The summed E-state index contributed by atoms with van der Waals surface area (Å²) in [4.78, 5) is 5.14. The molecule has 3 aliphatic carbocycles. The van der Waals surface area contributed by atoms with Crippen molar-refractivity contribution in [1.82, 2.24) is 0 Å². The largest absolute Gasteiger partial charge is 0.310 e. The van der Waals surface area contributed by atoms with Gasteiger partial charge in [-0.3, -0.25) is 0 Å². The summed E-state index contributed by atoms with van der Waals surface area (Å²) in [5, 5.41) is 3.77. The highest BCUT2D eigenvalue weighted by Gasteiger charge is 2.41. The van der Waals surface area contributed by atoms with Crippen LogP contribution in [0.4, 0.5) is 34.1 Å². The van der Waals surface area contributed by atoms with Gasteiger partial charge in [0.15, 0.2) is 0 Å². The monoisotopic (exact) mass is 869 g/mol. The molecule has 3 heteroatoms. The maximum Gasteiger partial charge on any atom is 0.0647 e. The van der Waals surface area contributed by atoms with Crippen molar-refractivity contribution in [1.29, 1.82) is 0 Å². The lowest BCUT2D eigenvalue weighted by molar-refractivity contribution is 0.332. The Morgan fingerprint density at radius 3 is 1.25 bits per heavy atom. The van der Waals surface area contributed by atoms with Crippen molar-refractivity contribution in [3.05, 3.63) is 141 Å². The van der Waals surface area contributed by atoms with Crippen LogP contribution in [0.2, 0.25) is 0 Å². The van der Waals surface area contributed by atoms with Gasteiger partial charge >= 0.3 is 0 Å². The molecule has 0 bridgehead atoms. The van der Waals surface area contributed by atoms with Gasteiger partial charge in [0, 0.05) is 43.9 Å².